The normalized spacial score (nSPS) is 18.3. The summed E-state index contributed by atoms with van der Waals surface area (Å²) in [4.78, 5) is 14.8. The molecule has 1 saturated heterocycles. The van der Waals surface area contributed by atoms with E-state index in [4.69, 9.17) is 29.0 Å². The Morgan fingerprint density at radius 3 is 2.16 bits per heavy atom. The third kappa shape index (κ3) is 15.5. The number of aromatic nitrogens is 3. The van der Waals surface area contributed by atoms with Gasteiger partial charge in [-0.1, -0.05) is 110 Å². The van der Waals surface area contributed by atoms with Crippen LogP contribution >= 0.6 is 7.82 Å². The van der Waals surface area contributed by atoms with Gasteiger partial charge in [0.25, 0.3) is 0 Å². The van der Waals surface area contributed by atoms with Gasteiger partial charge in [0, 0.05) is 6.07 Å². The van der Waals surface area contributed by atoms with Crippen LogP contribution < -0.4 is 15.2 Å². The van der Waals surface area contributed by atoms with Crippen LogP contribution in [0.1, 0.15) is 167 Å². The number of nitriles is 2. The molecule has 0 aliphatic carbocycles. The number of hydrogen-bond acceptors (Lipinski definition) is 11. The number of nitrogens with zero attached hydrogens (tertiary/aromatic N) is 5. The summed E-state index contributed by atoms with van der Waals surface area (Å²) in [6.07, 6.45) is 23.0. The van der Waals surface area contributed by atoms with E-state index >= 15 is 0 Å². The fourth-order valence-electron chi connectivity index (χ4n) is 7.29. The number of hydrogen-bond donors (Lipinski definition) is 2. The molecule has 4 rings (SSSR count). The molecule has 0 amide bonds. The van der Waals surface area contributed by atoms with Crippen molar-refractivity contribution in [3.63, 3.8) is 0 Å². The number of rotatable bonds is 29. The minimum absolute atomic E-state index is 0.148. The first kappa shape index (κ1) is 46.0. The van der Waals surface area contributed by atoms with Crippen molar-refractivity contribution in [2.75, 3.05) is 18.9 Å². The SMILES string of the molecule is CCCCCCCCCCCCCCCCCCC[C@H](COP(=O)(O)OC[C@]1(C#N)CC[C@H](c2ccc3c(N)ncnn23)O1)Oc1ccc(C#N)c(OC(C)C)c1. The van der Waals surface area contributed by atoms with Crippen LogP contribution in [0.4, 0.5) is 5.82 Å². The number of nitrogen functional groups attached to an aromatic ring is 1. The van der Waals surface area contributed by atoms with Crippen LogP contribution in [0.15, 0.2) is 36.7 Å². The van der Waals surface area contributed by atoms with Gasteiger partial charge in [0.2, 0.25) is 0 Å². The number of ether oxygens (including phenoxy) is 3. The molecule has 0 bridgehead atoms. The van der Waals surface area contributed by atoms with E-state index in [9.17, 15) is 20.0 Å². The Balaban J connectivity index is 1.23. The van der Waals surface area contributed by atoms with E-state index in [1.165, 1.54) is 96.2 Å². The third-order valence-electron chi connectivity index (χ3n) is 10.5. The van der Waals surface area contributed by atoms with Crippen LogP contribution in [0, 0.1) is 22.7 Å². The highest BCUT2D eigenvalue weighted by molar-refractivity contribution is 7.47. The third-order valence-corrected chi connectivity index (χ3v) is 11.4. The Labute approximate surface area is 339 Å². The summed E-state index contributed by atoms with van der Waals surface area (Å²) in [5, 5.41) is 23.9. The van der Waals surface area contributed by atoms with Crippen molar-refractivity contribution in [3.05, 3.63) is 47.9 Å². The predicted molar refractivity (Wildman–Crippen MR) is 221 cm³/mol. The second kappa shape index (κ2) is 24.3. The number of phosphoric acid groups is 1. The molecule has 3 aromatic rings. The smallest absolute Gasteiger partial charge is 0.472 e. The lowest BCUT2D eigenvalue weighted by Crippen LogP contribution is -2.32. The van der Waals surface area contributed by atoms with Gasteiger partial charge in [-0.3, -0.25) is 9.05 Å². The Morgan fingerprint density at radius 2 is 1.56 bits per heavy atom. The largest absolute Gasteiger partial charge is 0.489 e. The van der Waals surface area contributed by atoms with Crippen molar-refractivity contribution in [1.29, 1.82) is 10.5 Å². The zero-order chi connectivity index (χ0) is 40.9. The van der Waals surface area contributed by atoms with Gasteiger partial charge in [0.05, 0.1) is 24.0 Å². The lowest BCUT2D eigenvalue weighted by atomic mass is 10.0. The number of anilines is 1. The minimum atomic E-state index is -4.62. The molecule has 1 fully saturated rings. The second-order valence-corrected chi connectivity index (χ2v) is 17.1. The van der Waals surface area contributed by atoms with Gasteiger partial charge in [-0.2, -0.15) is 15.6 Å². The fraction of sp³-hybridized carbons (Fsp3) is 0.674. The van der Waals surface area contributed by atoms with Gasteiger partial charge in [-0.05, 0) is 63.8 Å². The van der Waals surface area contributed by atoms with Crippen LogP contribution in [-0.2, 0) is 18.3 Å². The molecule has 57 heavy (non-hydrogen) atoms. The molecule has 0 saturated carbocycles. The lowest BCUT2D eigenvalue weighted by molar-refractivity contribution is -0.0410. The maximum atomic E-state index is 13.2. The molecule has 13 nitrogen and oxygen atoms in total. The molecular weight excluding hydrogens is 743 g/mol. The zero-order valence-corrected chi connectivity index (χ0v) is 35.3. The van der Waals surface area contributed by atoms with Crippen molar-refractivity contribution in [1.82, 2.24) is 14.6 Å². The van der Waals surface area contributed by atoms with E-state index in [0.717, 1.165) is 19.3 Å². The highest BCUT2D eigenvalue weighted by atomic mass is 31.2. The molecule has 14 heteroatoms. The molecule has 1 aliphatic heterocycles. The van der Waals surface area contributed by atoms with Gasteiger partial charge in [0.15, 0.2) is 11.4 Å². The molecule has 4 atom stereocenters. The average molecular weight is 809 g/mol. The van der Waals surface area contributed by atoms with Gasteiger partial charge >= 0.3 is 7.82 Å². The summed E-state index contributed by atoms with van der Waals surface area (Å²) in [6, 6.07) is 12.9. The minimum Gasteiger partial charge on any atom is -0.489 e. The highest BCUT2D eigenvalue weighted by Gasteiger charge is 2.44. The molecular formula is C43H65N6O7P. The first-order valence-electron chi connectivity index (χ1n) is 21.2. The molecule has 3 heterocycles. The first-order chi connectivity index (χ1) is 27.6. The topological polar surface area (TPSA) is 187 Å². The summed E-state index contributed by atoms with van der Waals surface area (Å²) in [5.41, 5.74) is 6.20. The predicted octanol–water partition coefficient (Wildman–Crippen LogP) is 10.7. The maximum absolute atomic E-state index is 13.2. The summed E-state index contributed by atoms with van der Waals surface area (Å²) >= 11 is 0. The second-order valence-electron chi connectivity index (χ2n) is 15.6. The molecule has 2 aromatic heterocycles. The Hall–Kier alpha value is -3.71. The van der Waals surface area contributed by atoms with Crippen molar-refractivity contribution >= 4 is 19.2 Å². The van der Waals surface area contributed by atoms with E-state index in [1.54, 1.807) is 28.8 Å². The number of unbranched alkanes of at least 4 members (excludes halogenated alkanes) is 16. The Morgan fingerprint density at radius 1 is 0.930 bits per heavy atom. The highest BCUT2D eigenvalue weighted by Crippen LogP contribution is 2.47. The lowest BCUT2D eigenvalue weighted by Gasteiger charge is -2.24. The van der Waals surface area contributed by atoms with Crippen LogP contribution in [0.5, 0.6) is 11.5 Å². The van der Waals surface area contributed by atoms with Gasteiger partial charge in [0.1, 0.15) is 54.3 Å². The van der Waals surface area contributed by atoms with Crippen LogP contribution in [0.3, 0.4) is 0 Å². The van der Waals surface area contributed by atoms with Crippen molar-refractivity contribution in [2.45, 2.75) is 173 Å². The standard InChI is InChI=1S/C43H65N6O7P/c1-4-5-6-7-8-9-10-11-12-13-14-15-16-17-18-19-20-21-37(55-36-23-22-35(29-44)41(28-36)54-34(2)3)30-52-57(50,51)53-32-43(31-45)27-26-40(56-43)38-24-25-39-42(46)47-33-48-49(38)39/h22-25,28,33-34,37,40H,4-21,26-27,30,32H2,1-3H3,(H,50,51)(H2,46,47,48)/t37-,40-,43-/m1/s1. The van der Waals surface area contributed by atoms with Gasteiger partial charge in [-0.15, -0.1) is 0 Å². The van der Waals surface area contributed by atoms with Crippen LogP contribution in [0.2, 0.25) is 0 Å². The van der Waals surface area contributed by atoms with Crippen LogP contribution in [-0.4, -0.2) is 50.5 Å². The van der Waals surface area contributed by atoms with E-state index in [-0.39, 0.29) is 19.1 Å². The summed E-state index contributed by atoms with van der Waals surface area (Å²) in [7, 11) is -4.62. The maximum Gasteiger partial charge on any atom is 0.472 e. The summed E-state index contributed by atoms with van der Waals surface area (Å²) in [6.45, 7) is 5.32. The molecule has 1 aromatic carbocycles. The number of phosphoric ester groups is 1. The van der Waals surface area contributed by atoms with Crippen molar-refractivity contribution in [2.24, 2.45) is 0 Å². The number of benzene rings is 1. The fourth-order valence-corrected chi connectivity index (χ4v) is 8.09. The monoisotopic (exact) mass is 808 g/mol. The quantitative estimate of drug-likeness (QED) is 0.0500. The summed E-state index contributed by atoms with van der Waals surface area (Å²) < 4.78 is 43.9. The van der Waals surface area contributed by atoms with Gasteiger partial charge in [-0.25, -0.2) is 14.1 Å². The van der Waals surface area contributed by atoms with E-state index in [2.05, 4.69) is 29.1 Å². The Kier molecular flexibility index (Phi) is 19.6. The Bertz CT molecular complexity index is 1770. The molecule has 1 unspecified atom stereocenters. The zero-order valence-electron chi connectivity index (χ0n) is 34.4. The van der Waals surface area contributed by atoms with E-state index in [1.807, 2.05) is 19.9 Å². The molecule has 314 valence electrons. The molecule has 0 radical (unpaired) electrons. The first-order valence-corrected chi connectivity index (χ1v) is 22.7. The molecule has 0 spiro atoms. The van der Waals surface area contributed by atoms with E-state index < -0.39 is 32.2 Å². The molecule has 1 aliphatic rings. The van der Waals surface area contributed by atoms with Crippen LogP contribution in [0.25, 0.3) is 5.52 Å². The molecule has 3 N–H and O–H groups in total. The van der Waals surface area contributed by atoms with Crippen molar-refractivity contribution in [3.8, 4) is 23.6 Å². The number of fused-ring (bicyclic) bond motifs is 1. The number of nitrogens with two attached hydrogens (primary N) is 1. The van der Waals surface area contributed by atoms with Crippen molar-refractivity contribution < 1.29 is 32.7 Å². The van der Waals surface area contributed by atoms with E-state index in [0.29, 0.717) is 46.9 Å². The van der Waals surface area contributed by atoms with Gasteiger partial charge < -0.3 is 24.8 Å². The average Bonchev–Trinajstić information content (AvgIpc) is 3.83. The summed E-state index contributed by atoms with van der Waals surface area (Å²) in [5.74, 6) is 1.18.